The third kappa shape index (κ3) is 3.05. The molecule has 2 heterocycles. The maximum absolute atomic E-state index is 12.0. The third-order valence-corrected chi connectivity index (χ3v) is 2.52. The van der Waals surface area contributed by atoms with E-state index >= 15 is 0 Å². The molecule has 5 heteroatoms. The third-order valence-electron chi connectivity index (χ3n) is 2.31. The average Bonchev–Trinajstić information content (AvgIpc) is 2.27. The number of aromatic nitrogens is 2. The number of pyridine rings is 2. The lowest BCUT2D eigenvalue weighted by molar-refractivity contribution is 0.102. The van der Waals surface area contributed by atoms with E-state index < -0.39 is 0 Å². The van der Waals surface area contributed by atoms with Gasteiger partial charge in [0, 0.05) is 28.3 Å². The van der Waals surface area contributed by atoms with E-state index in [0.717, 1.165) is 5.69 Å². The predicted octanol–water partition coefficient (Wildman–Crippen LogP) is 3.00. The van der Waals surface area contributed by atoms with Crippen LogP contribution in [0.3, 0.4) is 0 Å². The predicted molar refractivity (Wildman–Crippen MR) is 70.9 cm³/mol. The van der Waals surface area contributed by atoms with E-state index in [9.17, 15) is 4.79 Å². The molecule has 0 saturated carbocycles. The molecule has 0 aliphatic rings. The van der Waals surface area contributed by atoms with Crippen molar-refractivity contribution in [3.63, 3.8) is 0 Å². The Hall–Kier alpha value is -1.94. The van der Waals surface area contributed by atoms with E-state index in [2.05, 4.69) is 15.3 Å². The second kappa shape index (κ2) is 5.14. The lowest BCUT2D eigenvalue weighted by Crippen LogP contribution is -2.14. The summed E-state index contributed by atoms with van der Waals surface area (Å²) in [5, 5.41) is 3.25. The fourth-order valence-corrected chi connectivity index (χ4v) is 1.82. The molecule has 0 atom stereocenters. The van der Waals surface area contributed by atoms with Crippen LogP contribution in [0, 0.1) is 13.8 Å². The number of nitrogens with one attached hydrogen (secondary N) is 1. The molecule has 0 aliphatic heterocycles. The molecule has 0 aliphatic carbocycles. The highest BCUT2D eigenvalue weighted by atomic mass is 35.5. The number of hydrogen-bond donors (Lipinski definition) is 1. The highest BCUT2D eigenvalue weighted by Gasteiger charge is 2.09. The first-order valence-corrected chi connectivity index (χ1v) is 5.80. The molecule has 0 fully saturated rings. The summed E-state index contributed by atoms with van der Waals surface area (Å²) >= 11 is 5.89. The first-order valence-electron chi connectivity index (χ1n) is 5.43. The van der Waals surface area contributed by atoms with Crippen molar-refractivity contribution >= 4 is 23.2 Å². The Morgan fingerprint density at radius 3 is 2.67 bits per heavy atom. The summed E-state index contributed by atoms with van der Waals surface area (Å²) < 4.78 is 0. The van der Waals surface area contributed by atoms with Crippen LogP contribution in [0.5, 0.6) is 0 Å². The van der Waals surface area contributed by atoms with Gasteiger partial charge in [-0.2, -0.15) is 0 Å². The molecule has 0 aromatic carbocycles. The Balaban J connectivity index is 2.22. The zero-order chi connectivity index (χ0) is 13.1. The molecule has 0 radical (unpaired) electrons. The molecule has 0 unspecified atom stereocenters. The fourth-order valence-electron chi connectivity index (χ4n) is 1.56. The minimum atomic E-state index is -0.286. The number of carbonyl (C=O) groups is 1. The maximum Gasteiger partial charge on any atom is 0.274 e. The lowest BCUT2D eigenvalue weighted by atomic mass is 10.2. The second-order valence-corrected chi connectivity index (χ2v) is 4.39. The van der Waals surface area contributed by atoms with Gasteiger partial charge in [-0.25, -0.2) is 4.98 Å². The first-order chi connectivity index (χ1) is 8.54. The topological polar surface area (TPSA) is 54.9 Å². The molecule has 2 rings (SSSR count). The molecule has 18 heavy (non-hydrogen) atoms. The zero-order valence-corrected chi connectivity index (χ0v) is 10.8. The van der Waals surface area contributed by atoms with Crippen molar-refractivity contribution in [1.29, 1.82) is 0 Å². The van der Waals surface area contributed by atoms with E-state index in [1.165, 1.54) is 6.07 Å². The summed E-state index contributed by atoms with van der Waals surface area (Å²) in [6, 6.07) is 6.75. The van der Waals surface area contributed by atoms with Gasteiger partial charge in [0.25, 0.3) is 5.91 Å². The van der Waals surface area contributed by atoms with Gasteiger partial charge in [-0.3, -0.25) is 9.78 Å². The number of amides is 1. The van der Waals surface area contributed by atoms with E-state index in [1.54, 1.807) is 31.3 Å². The number of halogens is 1. The standard InChI is InChI=1S/C13H12ClN3O/c1-8-6-11(3-4-15-8)17-13(18)12-7-10(14)5-9(2)16-12/h3-7H,1-2H3,(H,15,17,18). The van der Waals surface area contributed by atoms with Crippen LogP contribution in [0.1, 0.15) is 21.9 Å². The summed E-state index contributed by atoms with van der Waals surface area (Å²) in [6.07, 6.45) is 1.64. The summed E-state index contributed by atoms with van der Waals surface area (Å²) in [5.41, 5.74) is 2.53. The van der Waals surface area contributed by atoms with Gasteiger partial charge in [0.1, 0.15) is 5.69 Å². The molecule has 0 spiro atoms. The molecule has 0 bridgehead atoms. The quantitative estimate of drug-likeness (QED) is 0.904. The van der Waals surface area contributed by atoms with Crippen molar-refractivity contribution in [2.24, 2.45) is 0 Å². The van der Waals surface area contributed by atoms with Crippen LogP contribution >= 0.6 is 11.6 Å². The summed E-state index contributed by atoms with van der Waals surface area (Å²) in [4.78, 5) is 20.2. The Labute approximate surface area is 110 Å². The Morgan fingerprint density at radius 1 is 1.22 bits per heavy atom. The highest BCUT2D eigenvalue weighted by Crippen LogP contribution is 2.13. The van der Waals surface area contributed by atoms with Gasteiger partial charge in [-0.05, 0) is 38.1 Å². The van der Waals surface area contributed by atoms with Crippen molar-refractivity contribution in [2.45, 2.75) is 13.8 Å². The van der Waals surface area contributed by atoms with E-state index in [0.29, 0.717) is 22.1 Å². The number of rotatable bonds is 2. The summed E-state index contributed by atoms with van der Waals surface area (Å²) in [5.74, 6) is -0.286. The van der Waals surface area contributed by atoms with Crippen molar-refractivity contribution in [2.75, 3.05) is 5.32 Å². The zero-order valence-electron chi connectivity index (χ0n) is 10.1. The normalized spacial score (nSPS) is 10.2. The van der Waals surface area contributed by atoms with Gasteiger partial charge in [0.2, 0.25) is 0 Å². The number of hydrogen-bond acceptors (Lipinski definition) is 3. The Kier molecular flexibility index (Phi) is 3.58. The molecule has 1 amide bonds. The SMILES string of the molecule is Cc1cc(NC(=O)c2cc(Cl)cc(C)n2)ccn1. The largest absolute Gasteiger partial charge is 0.321 e. The van der Waals surface area contributed by atoms with Gasteiger partial charge in [-0.15, -0.1) is 0 Å². The van der Waals surface area contributed by atoms with Crippen molar-refractivity contribution in [1.82, 2.24) is 9.97 Å². The van der Waals surface area contributed by atoms with Gasteiger partial charge >= 0.3 is 0 Å². The van der Waals surface area contributed by atoms with Gasteiger partial charge < -0.3 is 5.32 Å². The number of nitrogens with zero attached hydrogens (tertiary/aromatic N) is 2. The Morgan fingerprint density at radius 2 is 2.00 bits per heavy atom. The second-order valence-electron chi connectivity index (χ2n) is 3.95. The van der Waals surface area contributed by atoms with Crippen LogP contribution < -0.4 is 5.32 Å². The minimum absolute atomic E-state index is 0.286. The van der Waals surface area contributed by atoms with Crippen LogP contribution in [0.15, 0.2) is 30.5 Å². The van der Waals surface area contributed by atoms with Crippen molar-refractivity contribution in [3.05, 3.63) is 52.6 Å². The molecule has 4 nitrogen and oxygen atoms in total. The Bertz CT molecular complexity index is 578. The van der Waals surface area contributed by atoms with E-state index in [1.807, 2.05) is 6.92 Å². The van der Waals surface area contributed by atoms with Gasteiger partial charge in [0.15, 0.2) is 0 Å². The molecular formula is C13H12ClN3O. The molecular weight excluding hydrogens is 250 g/mol. The van der Waals surface area contributed by atoms with Gasteiger partial charge in [0.05, 0.1) is 0 Å². The van der Waals surface area contributed by atoms with Crippen LogP contribution in [-0.4, -0.2) is 15.9 Å². The lowest BCUT2D eigenvalue weighted by Gasteiger charge is -2.06. The van der Waals surface area contributed by atoms with Crippen LogP contribution in [-0.2, 0) is 0 Å². The van der Waals surface area contributed by atoms with E-state index in [-0.39, 0.29) is 5.91 Å². The molecule has 2 aromatic rings. The fraction of sp³-hybridized carbons (Fsp3) is 0.154. The summed E-state index contributed by atoms with van der Waals surface area (Å²) in [6.45, 7) is 3.65. The van der Waals surface area contributed by atoms with Crippen LogP contribution in [0.4, 0.5) is 5.69 Å². The van der Waals surface area contributed by atoms with Crippen molar-refractivity contribution in [3.8, 4) is 0 Å². The monoisotopic (exact) mass is 261 g/mol. The summed E-state index contributed by atoms with van der Waals surface area (Å²) in [7, 11) is 0. The van der Waals surface area contributed by atoms with Crippen LogP contribution in [0.2, 0.25) is 5.02 Å². The minimum Gasteiger partial charge on any atom is -0.321 e. The molecule has 2 aromatic heterocycles. The molecule has 1 N–H and O–H groups in total. The number of anilines is 1. The number of aryl methyl sites for hydroxylation is 2. The van der Waals surface area contributed by atoms with E-state index in [4.69, 9.17) is 11.6 Å². The first kappa shape index (κ1) is 12.5. The number of carbonyl (C=O) groups excluding carboxylic acids is 1. The maximum atomic E-state index is 12.0. The highest BCUT2D eigenvalue weighted by molar-refractivity contribution is 6.31. The molecule has 0 saturated heterocycles. The average molecular weight is 262 g/mol. The van der Waals surface area contributed by atoms with Gasteiger partial charge in [-0.1, -0.05) is 11.6 Å². The van der Waals surface area contributed by atoms with Crippen molar-refractivity contribution < 1.29 is 4.79 Å². The molecule has 92 valence electrons. The smallest absolute Gasteiger partial charge is 0.274 e. The van der Waals surface area contributed by atoms with Crippen LogP contribution in [0.25, 0.3) is 0 Å².